The predicted molar refractivity (Wildman–Crippen MR) is 69.1 cm³/mol. The fraction of sp³-hybridized carbons (Fsp3) is 0.929. The third-order valence-electron chi connectivity index (χ3n) is 3.93. The molecule has 0 spiro atoms. The summed E-state index contributed by atoms with van der Waals surface area (Å²) in [6.07, 6.45) is 12.3. The molecule has 2 nitrogen and oxygen atoms in total. The molecule has 0 aliphatic carbocycles. The number of fused-ring (bicyclic) bond motifs is 2. The van der Waals surface area contributed by atoms with Crippen LogP contribution in [0.15, 0.2) is 0 Å². The highest BCUT2D eigenvalue weighted by Gasteiger charge is 2.19. The monoisotopic (exact) mass is 223 g/mol. The van der Waals surface area contributed by atoms with Gasteiger partial charge in [-0.2, -0.15) is 0 Å². The first kappa shape index (κ1) is 12.1. The third kappa shape index (κ3) is 3.89. The van der Waals surface area contributed by atoms with Crippen LogP contribution >= 0.6 is 0 Å². The molecule has 2 heterocycles. The van der Waals surface area contributed by atoms with E-state index in [1.165, 1.54) is 71.2 Å². The molecular formula is C14H27N2+. The van der Waals surface area contributed by atoms with E-state index in [4.69, 9.17) is 0 Å². The van der Waals surface area contributed by atoms with Crippen LogP contribution in [0.4, 0.5) is 0 Å². The smallest absolute Gasteiger partial charge is 0.198 e. The molecule has 2 atom stereocenters. The molecule has 1 saturated heterocycles. The Morgan fingerprint density at radius 1 is 1.12 bits per heavy atom. The largest absolute Gasteiger partial charge is 0.248 e. The molecule has 0 amide bonds. The molecule has 0 saturated carbocycles. The summed E-state index contributed by atoms with van der Waals surface area (Å²) in [5.41, 5.74) is 0. The van der Waals surface area contributed by atoms with Crippen LogP contribution in [0.25, 0.3) is 0 Å². The first-order chi connectivity index (χ1) is 7.84. The van der Waals surface area contributed by atoms with Gasteiger partial charge < -0.3 is 0 Å². The summed E-state index contributed by atoms with van der Waals surface area (Å²) in [6, 6.07) is 0. The van der Waals surface area contributed by atoms with Gasteiger partial charge in [0.25, 0.3) is 0 Å². The minimum atomic E-state index is 0.888. The van der Waals surface area contributed by atoms with E-state index < -0.39 is 0 Å². The summed E-state index contributed by atoms with van der Waals surface area (Å²) >= 11 is 0. The van der Waals surface area contributed by atoms with Crippen LogP contribution in [0.3, 0.4) is 0 Å². The second-order valence-electron chi connectivity index (χ2n) is 5.66. The fourth-order valence-corrected chi connectivity index (χ4v) is 2.99. The van der Waals surface area contributed by atoms with Gasteiger partial charge in [-0.05, 0) is 18.8 Å². The van der Waals surface area contributed by atoms with E-state index in [9.17, 15) is 0 Å². The Labute approximate surface area is 100 Å². The summed E-state index contributed by atoms with van der Waals surface area (Å²) in [7, 11) is 0. The van der Waals surface area contributed by atoms with Crippen molar-refractivity contribution in [2.24, 2.45) is 5.92 Å². The molecule has 1 fully saturated rings. The molecule has 0 N–H and O–H groups in total. The van der Waals surface area contributed by atoms with Gasteiger partial charge in [-0.25, -0.2) is 9.48 Å². The number of hydrogen-bond donors (Lipinski definition) is 0. The SMILES string of the molecule is C[C@H]1CCCCCCC[N+]2=CCCN(C1)C2. The molecule has 0 aromatic heterocycles. The van der Waals surface area contributed by atoms with Gasteiger partial charge in [0.05, 0.1) is 0 Å². The van der Waals surface area contributed by atoms with E-state index in [0.29, 0.717) is 0 Å². The summed E-state index contributed by atoms with van der Waals surface area (Å²) in [6.45, 7) is 7.48. The molecule has 0 radical (unpaired) electrons. The average molecular weight is 223 g/mol. The highest BCUT2D eigenvalue weighted by atomic mass is 15.3. The Hall–Kier alpha value is -0.370. The Balaban J connectivity index is 1.89. The Morgan fingerprint density at radius 2 is 1.94 bits per heavy atom. The molecule has 2 aliphatic rings. The lowest BCUT2D eigenvalue weighted by Gasteiger charge is -2.26. The Bertz CT molecular complexity index is 235. The van der Waals surface area contributed by atoms with Crippen LogP contribution in [0.2, 0.25) is 0 Å². The number of rotatable bonds is 0. The van der Waals surface area contributed by atoms with Crippen molar-refractivity contribution in [3.63, 3.8) is 0 Å². The molecule has 2 aliphatic heterocycles. The van der Waals surface area contributed by atoms with Crippen molar-refractivity contribution in [2.75, 3.05) is 26.3 Å². The van der Waals surface area contributed by atoms with Crippen LogP contribution in [0, 0.1) is 5.92 Å². The lowest BCUT2D eigenvalue weighted by atomic mass is 10.0. The second-order valence-corrected chi connectivity index (χ2v) is 5.66. The van der Waals surface area contributed by atoms with E-state index in [1.54, 1.807) is 0 Å². The van der Waals surface area contributed by atoms with Crippen molar-refractivity contribution in [1.29, 1.82) is 0 Å². The van der Waals surface area contributed by atoms with Gasteiger partial charge in [0.2, 0.25) is 0 Å². The Morgan fingerprint density at radius 3 is 2.88 bits per heavy atom. The average Bonchev–Trinajstić information content (AvgIpc) is 2.27. The normalized spacial score (nSPS) is 33.4. The van der Waals surface area contributed by atoms with E-state index in [-0.39, 0.29) is 0 Å². The summed E-state index contributed by atoms with van der Waals surface area (Å²) < 4.78 is 2.54. The maximum absolute atomic E-state index is 2.65. The first-order valence-corrected chi connectivity index (χ1v) is 7.14. The molecule has 1 unspecified atom stereocenters. The van der Waals surface area contributed by atoms with Crippen LogP contribution in [0.1, 0.15) is 51.9 Å². The summed E-state index contributed by atoms with van der Waals surface area (Å²) in [5, 5.41) is 0. The summed E-state index contributed by atoms with van der Waals surface area (Å²) in [4.78, 5) is 2.65. The molecule has 2 rings (SSSR count). The first-order valence-electron chi connectivity index (χ1n) is 7.14. The van der Waals surface area contributed by atoms with Gasteiger partial charge in [-0.15, -0.1) is 0 Å². The Kier molecular flexibility index (Phi) is 4.83. The second kappa shape index (κ2) is 6.39. The van der Waals surface area contributed by atoms with Crippen molar-refractivity contribution in [3.8, 4) is 0 Å². The highest BCUT2D eigenvalue weighted by Crippen LogP contribution is 2.15. The quantitative estimate of drug-likeness (QED) is 0.572. The van der Waals surface area contributed by atoms with Gasteiger partial charge in [-0.1, -0.05) is 26.2 Å². The zero-order chi connectivity index (χ0) is 11.2. The highest BCUT2D eigenvalue weighted by molar-refractivity contribution is 5.51. The maximum Gasteiger partial charge on any atom is 0.198 e. The van der Waals surface area contributed by atoms with E-state index in [1.807, 2.05) is 0 Å². The molecule has 16 heavy (non-hydrogen) atoms. The topological polar surface area (TPSA) is 6.25 Å². The van der Waals surface area contributed by atoms with E-state index in [2.05, 4.69) is 22.6 Å². The van der Waals surface area contributed by atoms with E-state index in [0.717, 1.165) is 5.92 Å². The van der Waals surface area contributed by atoms with Crippen LogP contribution in [-0.4, -0.2) is 42.0 Å². The van der Waals surface area contributed by atoms with Gasteiger partial charge >= 0.3 is 0 Å². The van der Waals surface area contributed by atoms with Crippen molar-refractivity contribution < 1.29 is 4.58 Å². The van der Waals surface area contributed by atoms with Gasteiger partial charge in [0, 0.05) is 25.9 Å². The predicted octanol–water partition coefficient (Wildman–Crippen LogP) is 2.72. The third-order valence-corrected chi connectivity index (χ3v) is 3.93. The van der Waals surface area contributed by atoms with Crippen LogP contribution < -0.4 is 0 Å². The molecule has 2 heteroatoms. The minimum absolute atomic E-state index is 0.888. The zero-order valence-electron chi connectivity index (χ0n) is 10.8. The van der Waals surface area contributed by atoms with Crippen molar-refractivity contribution in [3.05, 3.63) is 0 Å². The van der Waals surface area contributed by atoms with Gasteiger partial charge in [0.15, 0.2) is 6.67 Å². The van der Waals surface area contributed by atoms with Crippen LogP contribution in [0.5, 0.6) is 0 Å². The van der Waals surface area contributed by atoms with Crippen molar-refractivity contribution in [2.45, 2.75) is 51.9 Å². The number of hydrogen-bond acceptors (Lipinski definition) is 1. The van der Waals surface area contributed by atoms with Gasteiger partial charge in [-0.3, -0.25) is 0 Å². The molecule has 2 bridgehead atoms. The molecule has 0 aromatic rings. The lowest BCUT2D eigenvalue weighted by Crippen LogP contribution is -2.41. The maximum atomic E-state index is 2.65. The zero-order valence-corrected chi connectivity index (χ0v) is 10.8. The van der Waals surface area contributed by atoms with Crippen molar-refractivity contribution in [1.82, 2.24) is 4.90 Å². The molecule has 92 valence electrons. The number of nitrogens with zero attached hydrogens (tertiary/aromatic N) is 2. The van der Waals surface area contributed by atoms with Crippen LogP contribution in [-0.2, 0) is 0 Å². The molecule has 0 aromatic carbocycles. The minimum Gasteiger partial charge on any atom is -0.248 e. The lowest BCUT2D eigenvalue weighted by molar-refractivity contribution is -0.551. The van der Waals surface area contributed by atoms with Crippen molar-refractivity contribution >= 4 is 6.21 Å². The van der Waals surface area contributed by atoms with Gasteiger partial charge in [0.1, 0.15) is 12.8 Å². The fourth-order valence-electron chi connectivity index (χ4n) is 2.99. The standard InChI is InChI=1S/C14H27N2/c1-14-8-5-3-2-4-6-9-15-10-7-11-16(12-14)13-15/h10,14H,2-9,11-13H2,1H3/q+1/t14-/m0/s1. The molecular weight excluding hydrogens is 196 g/mol. The summed E-state index contributed by atoms with van der Waals surface area (Å²) in [5.74, 6) is 0.888. The van der Waals surface area contributed by atoms with E-state index >= 15 is 0 Å².